The van der Waals surface area contributed by atoms with Crippen molar-refractivity contribution < 1.29 is 9.53 Å². The predicted molar refractivity (Wildman–Crippen MR) is 43.8 cm³/mol. The van der Waals surface area contributed by atoms with Crippen molar-refractivity contribution in [3.63, 3.8) is 0 Å². The molecule has 0 spiro atoms. The lowest BCUT2D eigenvalue weighted by molar-refractivity contribution is 0.155. The van der Waals surface area contributed by atoms with Crippen LogP contribution in [0.3, 0.4) is 0 Å². The number of amides is 1. The van der Waals surface area contributed by atoms with Gasteiger partial charge in [-0.1, -0.05) is 47.6 Å². The summed E-state index contributed by atoms with van der Waals surface area (Å²) in [6.07, 6.45) is -0.755. The van der Waals surface area contributed by atoms with Crippen LogP contribution in [-0.2, 0) is 4.74 Å². The van der Waals surface area contributed by atoms with Crippen LogP contribution in [0.5, 0.6) is 0 Å². The van der Waals surface area contributed by atoms with E-state index >= 15 is 0 Å². The number of halogens is 3. The van der Waals surface area contributed by atoms with Crippen LogP contribution in [0.25, 0.3) is 0 Å². The minimum Gasteiger partial charge on any atom is -0.444 e. The first-order valence-corrected chi connectivity index (χ1v) is 3.67. The summed E-state index contributed by atoms with van der Waals surface area (Å²) in [7, 11) is 0. The van der Waals surface area contributed by atoms with Crippen LogP contribution in [-0.4, -0.2) is 16.5 Å². The summed E-state index contributed by atoms with van der Waals surface area (Å²) in [5, 5.41) is 0. The highest BCUT2D eigenvalue weighted by atomic mass is 35.6. The summed E-state index contributed by atoms with van der Waals surface area (Å²) in [6, 6.07) is 0. The first-order valence-electron chi connectivity index (χ1n) is 2.09. The molecule has 0 aliphatic heterocycles. The van der Waals surface area contributed by atoms with Crippen molar-refractivity contribution in [1.82, 2.24) is 4.72 Å². The Balaban J connectivity index is 3.46. The van der Waals surface area contributed by atoms with Crippen LogP contribution in [0.2, 0.25) is 0 Å². The van der Waals surface area contributed by atoms with E-state index in [2.05, 4.69) is 17.6 Å². The summed E-state index contributed by atoms with van der Waals surface area (Å²) < 4.78 is 4.66. The lowest BCUT2D eigenvalue weighted by atomic mass is 10.8. The van der Waals surface area contributed by atoms with Gasteiger partial charge >= 0.3 is 6.09 Å². The summed E-state index contributed by atoms with van der Waals surface area (Å²) in [5.74, 6) is 0. The lowest BCUT2D eigenvalue weighted by Crippen LogP contribution is -2.21. The minimum absolute atomic E-state index is 0.302. The van der Waals surface area contributed by atoms with E-state index in [0.717, 1.165) is 0 Å². The Morgan fingerprint density at radius 1 is 1.60 bits per heavy atom. The molecule has 0 saturated carbocycles. The average Bonchev–Trinajstić information content (AvgIpc) is 1.81. The molecule has 1 N–H and O–H groups in total. The molecule has 0 unspecified atom stereocenters. The van der Waals surface area contributed by atoms with Crippen LogP contribution < -0.4 is 4.72 Å². The number of alkyl halides is 3. The van der Waals surface area contributed by atoms with Gasteiger partial charge in [0.25, 0.3) is 0 Å². The molecule has 0 fully saturated rings. The Hall–Kier alpha value is 0.490. The largest absolute Gasteiger partial charge is 0.444 e. The zero-order valence-electron chi connectivity index (χ0n) is 4.60. The molecule has 0 saturated heterocycles. The molecular weight excluding hydrogens is 220 g/mol. The Morgan fingerprint density at radius 2 is 2.10 bits per heavy atom. The second-order valence-corrected chi connectivity index (χ2v) is 4.04. The van der Waals surface area contributed by atoms with E-state index in [0.29, 0.717) is 0 Å². The van der Waals surface area contributed by atoms with Crippen LogP contribution in [0.1, 0.15) is 0 Å². The van der Waals surface area contributed by atoms with Gasteiger partial charge in [-0.05, 0) is 0 Å². The third-order valence-electron chi connectivity index (χ3n) is 0.458. The van der Waals surface area contributed by atoms with Gasteiger partial charge < -0.3 is 4.74 Å². The quantitative estimate of drug-likeness (QED) is 0.528. The zero-order valence-corrected chi connectivity index (χ0v) is 7.77. The number of carbonyl (C=O) groups is 1. The number of nitrogens with one attached hydrogen (secondary N) is 1. The summed E-state index contributed by atoms with van der Waals surface area (Å²) >= 11 is 19.1. The molecule has 7 heteroatoms. The third-order valence-corrected chi connectivity index (χ3v) is 0.968. The highest BCUT2D eigenvalue weighted by Crippen LogP contribution is 2.25. The number of ether oxygens (including phenoxy) is 1. The molecule has 1 amide bonds. The van der Waals surface area contributed by atoms with Crippen molar-refractivity contribution in [3.8, 4) is 0 Å². The Kier molecular flexibility index (Phi) is 4.60. The maximum Gasteiger partial charge on any atom is 0.417 e. The fourth-order valence-corrected chi connectivity index (χ4v) is 0.408. The Bertz CT molecular complexity index is 125. The van der Waals surface area contributed by atoms with Crippen LogP contribution in [0, 0.1) is 0 Å². The van der Waals surface area contributed by atoms with Crippen LogP contribution in [0.4, 0.5) is 4.79 Å². The smallest absolute Gasteiger partial charge is 0.417 e. The summed E-state index contributed by atoms with van der Waals surface area (Å²) in [6.45, 7) is -0.302. The van der Waals surface area contributed by atoms with Crippen LogP contribution in [0.15, 0.2) is 0 Å². The van der Waals surface area contributed by atoms with Gasteiger partial charge in [-0.25, -0.2) is 4.79 Å². The molecule has 0 heterocycles. The SMILES string of the molecule is O=C(NS)OCC(Cl)(Cl)Cl. The topological polar surface area (TPSA) is 38.3 Å². The monoisotopic (exact) mass is 223 g/mol. The van der Waals surface area contributed by atoms with Gasteiger partial charge in [-0.15, -0.1) is 0 Å². The molecule has 60 valence electrons. The van der Waals surface area contributed by atoms with Gasteiger partial charge in [0, 0.05) is 0 Å². The van der Waals surface area contributed by atoms with Crippen molar-refractivity contribution in [1.29, 1.82) is 0 Å². The molecule has 0 aromatic heterocycles. The summed E-state index contributed by atoms with van der Waals surface area (Å²) in [4.78, 5) is 10.3. The minimum atomic E-state index is -1.57. The third kappa shape index (κ3) is 6.61. The molecule has 3 nitrogen and oxygen atoms in total. The Morgan fingerprint density at radius 3 is 2.40 bits per heavy atom. The van der Waals surface area contributed by atoms with Crippen molar-refractivity contribution in [2.75, 3.05) is 6.61 Å². The van der Waals surface area contributed by atoms with E-state index in [9.17, 15) is 4.79 Å². The number of hydrogen-bond acceptors (Lipinski definition) is 3. The van der Waals surface area contributed by atoms with Gasteiger partial charge in [0.1, 0.15) is 6.61 Å². The molecule has 0 bridgehead atoms. The molecule has 0 radical (unpaired) electrons. The molecule has 0 aliphatic carbocycles. The van der Waals surface area contributed by atoms with Crippen molar-refractivity contribution in [2.45, 2.75) is 3.79 Å². The molecule has 0 aromatic rings. The fourth-order valence-electron chi connectivity index (χ4n) is 0.180. The highest BCUT2D eigenvalue weighted by molar-refractivity contribution is 7.78. The number of rotatable bonds is 1. The van der Waals surface area contributed by atoms with E-state index in [1.165, 1.54) is 0 Å². The van der Waals surface area contributed by atoms with Crippen molar-refractivity contribution >= 4 is 53.7 Å². The van der Waals surface area contributed by atoms with E-state index < -0.39 is 9.89 Å². The first-order chi connectivity index (χ1) is 4.45. The Labute approximate surface area is 78.5 Å². The van der Waals surface area contributed by atoms with Crippen molar-refractivity contribution in [3.05, 3.63) is 0 Å². The van der Waals surface area contributed by atoms with E-state index in [1.54, 1.807) is 0 Å². The van der Waals surface area contributed by atoms with Gasteiger partial charge in [0.15, 0.2) is 0 Å². The van der Waals surface area contributed by atoms with Crippen LogP contribution >= 0.6 is 47.6 Å². The number of hydrogen-bond donors (Lipinski definition) is 2. The molecule has 0 rings (SSSR count). The van der Waals surface area contributed by atoms with Gasteiger partial charge in [0.05, 0.1) is 0 Å². The molecule has 10 heavy (non-hydrogen) atoms. The molecular formula is C3H4Cl3NO2S. The van der Waals surface area contributed by atoms with E-state index in [1.807, 2.05) is 4.72 Å². The molecule has 0 atom stereocenters. The maximum absolute atomic E-state index is 10.3. The van der Waals surface area contributed by atoms with Crippen molar-refractivity contribution in [2.24, 2.45) is 0 Å². The standard InChI is InChI=1S/C3H4Cl3NO2S/c4-3(5,6)1-9-2(8)7-10/h10H,1H2,(H,7,8). The normalized spacial score (nSPS) is 10.8. The fraction of sp³-hybridized carbons (Fsp3) is 0.667. The van der Waals surface area contributed by atoms with Gasteiger partial charge in [0.2, 0.25) is 3.79 Å². The van der Waals surface area contributed by atoms with Gasteiger partial charge in [-0.3, -0.25) is 4.72 Å². The lowest BCUT2D eigenvalue weighted by Gasteiger charge is -2.09. The average molecular weight is 224 g/mol. The second kappa shape index (κ2) is 4.38. The van der Waals surface area contributed by atoms with Gasteiger partial charge in [-0.2, -0.15) is 0 Å². The van der Waals surface area contributed by atoms with E-state index in [4.69, 9.17) is 34.8 Å². The highest BCUT2D eigenvalue weighted by Gasteiger charge is 2.21. The predicted octanol–water partition coefficient (Wildman–Crippen LogP) is 1.93. The maximum atomic E-state index is 10.3. The zero-order chi connectivity index (χ0) is 8.20. The summed E-state index contributed by atoms with van der Waals surface area (Å²) in [5.41, 5.74) is 0. The van der Waals surface area contributed by atoms with E-state index in [-0.39, 0.29) is 6.61 Å². The molecule has 0 aromatic carbocycles. The number of thiol groups is 1. The number of carbonyl (C=O) groups excluding carboxylic acids is 1. The molecule has 0 aliphatic rings. The first kappa shape index (κ1) is 10.5. The second-order valence-electron chi connectivity index (χ2n) is 1.30.